The van der Waals surface area contributed by atoms with Crippen LogP contribution in [0.3, 0.4) is 0 Å². The van der Waals surface area contributed by atoms with E-state index in [2.05, 4.69) is 36.2 Å². The molecule has 1 aliphatic heterocycles. The molecule has 0 unspecified atom stereocenters. The van der Waals surface area contributed by atoms with Crippen molar-refractivity contribution in [2.45, 2.75) is 13.3 Å². The summed E-state index contributed by atoms with van der Waals surface area (Å²) in [6.45, 7) is 2.06. The zero-order valence-electron chi connectivity index (χ0n) is 7.12. The lowest BCUT2D eigenvalue weighted by Gasteiger charge is -2.01. The van der Waals surface area contributed by atoms with E-state index in [0.717, 1.165) is 12.1 Å². The first-order valence-corrected chi connectivity index (χ1v) is 4.15. The molecule has 1 nitrogen and oxygen atoms in total. The van der Waals surface area contributed by atoms with E-state index in [1.54, 1.807) is 0 Å². The number of hydrogen-bond donors (Lipinski definition) is 0. The van der Waals surface area contributed by atoms with Gasteiger partial charge in [-0.1, -0.05) is 30.3 Å². The number of hydrogen-bond acceptors (Lipinski definition) is 1. The van der Waals surface area contributed by atoms with Gasteiger partial charge in [-0.25, -0.2) is 0 Å². The molecular formula is C11H11N. The molecule has 1 aromatic carbocycles. The van der Waals surface area contributed by atoms with Gasteiger partial charge in [-0.05, 0) is 18.1 Å². The predicted octanol–water partition coefficient (Wildman–Crippen LogP) is 2.89. The Morgan fingerprint density at radius 3 is 2.50 bits per heavy atom. The fourth-order valence-electron chi connectivity index (χ4n) is 1.47. The van der Waals surface area contributed by atoms with E-state index in [9.17, 15) is 0 Å². The summed E-state index contributed by atoms with van der Waals surface area (Å²) in [7, 11) is 0. The van der Waals surface area contributed by atoms with E-state index in [0.29, 0.717) is 0 Å². The first kappa shape index (κ1) is 7.29. The third-order valence-electron chi connectivity index (χ3n) is 2.14. The lowest BCUT2D eigenvalue weighted by Crippen LogP contribution is -1.82. The largest absolute Gasteiger partial charge is 0.265 e. The third kappa shape index (κ3) is 1.18. The van der Waals surface area contributed by atoms with Gasteiger partial charge in [0.1, 0.15) is 0 Å². The van der Waals surface area contributed by atoms with Gasteiger partial charge in [0.15, 0.2) is 0 Å². The summed E-state index contributed by atoms with van der Waals surface area (Å²) in [6.07, 6.45) is 2.95. The summed E-state index contributed by atoms with van der Waals surface area (Å²) in [5, 5.41) is 0. The summed E-state index contributed by atoms with van der Waals surface area (Å²) < 4.78 is 0. The highest BCUT2D eigenvalue weighted by Gasteiger charge is 2.07. The summed E-state index contributed by atoms with van der Waals surface area (Å²) >= 11 is 0. The number of aliphatic imine (C=N–C) groups is 1. The van der Waals surface area contributed by atoms with Crippen molar-refractivity contribution in [1.29, 1.82) is 0 Å². The van der Waals surface area contributed by atoms with Crippen LogP contribution in [-0.4, -0.2) is 6.21 Å². The fourth-order valence-corrected chi connectivity index (χ4v) is 1.47. The van der Waals surface area contributed by atoms with Gasteiger partial charge in [0, 0.05) is 18.3 Å². The Labute approximate surface area is 72.5 Å². The van der Waals surface area contributed by atoms with Crippen molar-refractivity contribution in [2.75, 3.05) is 0 Å². The molecule has 1 heterocycles. The third-order valence-corrected chi connectivity index (χ3v) is 2.14. The van der Waals surface area contributed by atoms with Gasteiger partial charge < -0.3 is 0 Å². The van der Waals surface area contributed by atoms with Crippen molar-refractivity contribution in [1.82, 2.24) is 0 Å². The Bertz CT molecular complexity index is 333. The molecule has 1 aromatic rings. The van der Waals surface area contributed by atoms with Crippen LogP contribution in [0, 0.1) is 0 Å². The maximum Gasteiger partial charge on any atom is 0.0410 e. The number of rotatable bonds is 1. The predicted molar refractivity (Wildman–Crippen MR) is 52.1 cm³/mol. The standard InChI is InChI=1S/C11H11N/c1-9-11(7-8-12-9)10-5-3-2-4-6-10/h2-6,8H,7H2,1H3. The van der Waals surface area contributed by atoms with E-state index in [-0.39, 0.29) is 0 Å². The average Bonchev–Trinajstić information content (AvgIpc) is 2.53. The van der Waals surface area contributed by atoms with Gasteiger partial charge in [0.05, 0.1) is 0 Å². The molecule has 0 spiro atoms. The Morgan fingerprint density at radius 1 is 1.17 bits per heavy atom. The number of allylic oxidation sites excluding steroid dienone is 2. The molecule has 0 N–H and O–H groups in total. The van der Waals surface area contributed by atoms with Crippen LogP contribution >= 0.6 is 0 Å². The number of nitrogens with zero attached hydrogens (tertiary/aromatic N) is 1. The molecule has 12 heavy (non-hydrogen) atoms. The minimum Gasteiger partial charge on any atom is -0.265 e. The molecule has 0 atom stereocenters. The van der Waals surface area contributed by atoms with Gasteiger partial charge in [-0.15, -0.1) is 0 Å². The minimum atomic E-state index is 0.982. The molecule has 2 rings (SSSR count). The molecule has 0 saturated carbocycles. The fraction of sp³-hybridized carbons (Fsp3) is 0.182. The highest BCUT2D eigenvalue weighted by atomic mass is 14.7. The summed E-state index contributed by atoms with van der Waals surface area (Å²) in [4.78, 5) is 4.25. The molecular weight excluding hydrogens is 146 g/mol. The lowest BCUT2D eigenvalue weighted by molar-refractivity contribution is 1.34. The molecule has 0 aliphatic carbocycles. The average molecular weight is 157 g/mol. The highest BCUT2D eigenvalue weighted by Crippen LogP contribution is 2.25. The topological polar surface area (TPSA) is 12.4 Å². The zero-order valence-corrected chi connectivity index (χ0v) is 7.12. The van der Waals surface area contributed by atoms with Gasteiger partial charge in [-0.3, -0.25) is 4.99 Å². The smallest absolute Gasteiger partial charge is 0.0410 e. The van der Waals surface area contributed by atoms with Crippen LogP contribution in [0.2, 0.25) is 0 Å². The first-order chi connectivity index (χ1) is 5.88. The van der Waals surface area contributed by atoms with Gasteiger partial charge in [0.25, 0.3) is 0 Å². The van der Waals surface area contributed by atoms with Crippen molar-refractivity contribution in [3.05, 3.63) is 41.6 Å². The maximum absolute atomic E-state index is 4.25. The summed E-state index contributed by atoms with van der Waals surface area (Å²) in [6, 6.07) is 10.4. The molecule has 1 aliphatic rings. The zero-order chi connectivity index (χ0) is 8.39. The van der Waals surface area contributed by atoms with E-state index in [4.69, 9.17) is 0 Å². The Morgan fingerprint density at radius 2 is 1.92 bits per heavy atom. The van der Waals surface area contributed by atoms with Crippen LogP contribution in [0.4, 0.5) is 0 Å². The Hall–Kier alpha value is -1.37. The van der Waals surface area contributed by atoms with E-state index < -0.39 is 0 Å². The monoisotopic (exact) mass is 157 g/mol. The molecule has 0 radical (unpaired) electrons. The molecule has 0 bridgehead atoms. The van der Waals surface area contributed by atoms with Crippen LogP contribution in [0.25, 0.3) is 5.57 Å². The molecule has 0 amide bonds. The van der Waals surface area contributed by atoms with Gasteiger partial charge in [-0.2, -0.15) is 0 Å². The van der Waals surface area contributed by atoms with Gasteiger partial charge >= 0.3 is 0 Å². The van der Waals surface area contributed by atoms with Crippen LogP contribution < -0.4 is 0 Å². The molecule has 60 valence electrons. The summed E-state index contributed by atoms with van der Waals surface area (Å²) in [5.74, 6) is 0. The van der Waals surface area contributed by atoms with Crippen LogP contribution in [0.1, 0.15) is 18.9 Å². The van der Waals surface area contributed by atoms with E-state index in [1.165, 1.54) is 11.1 Å². The van der Waals surface area contributed by atoms with Crippen molar-refractivity contribution in [2.24, 2.45) is 4.99 Å². The van der Waals surface area contributed by atoms with Crippen LogP contribution in [0.15, 0.2) is 41.0 Å². The Balaban J connectivity index is 2.40. The SMILES string of the molecule is CC1=C(c2ccccc2)CC=N1. The quantitative estimate of drug-likeness (QED) is 0.594. The highest BCUT2D eigenvalue weighted by molar-refractivity contribution is 5.86. The number of benzene rings is 1. The normalized spacial score (nSPS) is 15.8. The van der Waals surface area contributed by atoms with Gasteiger partial charge in [0.2, 0.25) is 0 Å². The minimum absolute atomic E-state index is 0.982. The van der Waals surface area contributed by atoms with Crippen LogP contribution in [-0.2, 0) is 0 Å². The van der Waals surface area contributed by atoms with Crippen molar-refractivity contribution < 1.29 is 0 Å². The van der Waals surface area contributed by atoms with E-state index in [1.807, 2.05) is 12.3 Å². The molecule has 0 fully saturated rings. The maximum atomic E-state index is 4.25. The second-order valence-electron chi connectivity index (χ2n) is 2.95. The first-order valence-electron chi connectivity index (χ1n) is 4.15. The second kappa shape index (κ2) is 2.94. The van der Waals surface area contributed by atoms with Crippen LogP contribution in [0.5, 0.6) is 0 Å². The van der Waals surface area contributed by atoms with E-state index >= 15 is 0 Å². The molecule has 0 saturated heterocycles. The van der Waals surface area contributed by atoms with Crippen molar-refractivity contribution in [3.8, 4) is 0 Å². The van der Waals surface area contributed by atoms with Crippen molar-refractivity contribution >= 4 is 11.8 Å². The lowest BCUT2D eigenvalue weighted by atomic mass is 10.0. The Kier molecular flexibility index (Phi) is 1.78. The summed E-state index contributed by atoms with van der Waals surface area (Å²) in [5.41, 5.74) is 3.81. The molecule has 1 heteroatoms. The second-order valence-corrected chi connectivity index (χ2v) is 2.95. The molecule has 0 aromatic heterocycles. The van der Waals surface area contributed by atoms with Crippen molar-refractivity contribution in [3.63, 3.8) is 0 Å².